The zero-order chi connectivity index (χ0) is 18.4. The first kappa shape index (κ1) is 16.5. The van der Waals surface area contributed by atoms with E-state index in [1.54, 1.807) is 18.4 Å². The zero-order valence-corrected chi connectivity index (χ0v) is 16.0. The predicted molar refractivity (Wildman–Crippen MR) is 107 cm³/mol. The lowest BCUT2D eigenvalue weighted by molar-refractivity contribution is 0.0234. The number of carbonyl (C=O) groups is 1. The van der Waals surface area contributed by atoms with Crippen molar-refractivity contribution in [1.29, 1.82) is 0 Å². The maximum absolute atomic E-state index is 12.4. The summed E-state index contributed by atoms with van der Waals surface area (Å²) in [6, 6.07) is 13.6. The van der Waals surface area contributed by atoms with Crippen LogP contribution in [0.4, 0.5) is 5.13 Å². The largest absolute Gasteiger partial charge is 0.494 e. The van der Waals surface area contributed by atoms with Crippen LogP contribution < -0.4 is 9.64 Å². The third-order valence-electron chi connectivity index (χ3n) is 4.45. The molecule has 5 rings (SSSR count). The maximum Gasteiger partial charge on any atom is 0.367 e. The van der Waals surface area contributed by atoms with Gasteiger partial charge in [0.2, 0.25) is 5.01 Å². The molecule has 0 atom stereocenters. The van der Waals surface area contributed by atoms with E-state index in [1.807, 2.05) is 42.5 Å². The minimum atomic E-state index is -0.355. The van der Waals surface area contributed by atoms with E-state index in [0.29, 0.717) is 18.1 Å². The fourth-order valence-corrected chi connectivity index (χ4v) is 4.89. The lowest BCUT2D eigenvalue weighted by atomic mass is 10.2. The van der Waals surface area contributed by atoms with Crippen LogP contribution in [-0.2, 0) is 4.74 Å². The van der Waals surface area contributed by atoms with Crippen LogP contribution in [0.1, 0.15) is 9.80 Å². The Labute approximate surface area is 163 Å². The van der Waals surface area contributed by atoms with E-state index in [1.165, 1.54) is 11.3 Å². The van der Waals surface area contributed by atoms with E-state index in [4.69, 9.17) is 9.47 Å². The van der Waals surface area contributed by atoms with Crippen molar-refractivity contribution in [2.24, 2.45) is 0 Å². The minimum absolute atomic E-state index is 0.140. The Morgan fingerprint density at radius 3 is 2.70 bits per heavy atom. The maximum atomic E-state index is 12.4. The number of para-hydroxylation sites is 2. The summed E-state index contributed by atoms with van der Waals surface area (Å²) in [5.74, 6) is 0.418. The number of carbonyl (C=O) groups excluding carboxylic acids is 1. The van der Waals surface area contributed by atoms with Crippen LogP contribution in [-0.4, -0.2) is 42.2 Å². The molecule has 1 fully saturated rings. The molecule has 0 spiro atoms. The molecule has 6 nitrogen and oxygen atoms in total. The molecule has 1 aliphatic heterocycles. The summed E-state index contributed by atoms with van der Waals surface area (Å²) in [5.41, 5.74) is 1.70. The number of ether oxygens (including phenoxy) is 2. The number of rotatable bonds is 4. The van der Waals surface area contributed by atoms with Crippen molar-refractivity contribution in [1.82, 2.24) is 9.97 Å². The highest BCUT2D eigenvalue weighted by atomic mass is 32.1. The van der Waals surface area contributed by atoms with Gasteiger partial charge in [-0.25, -0.2) is 14.8 Å². The van der Waals surface area contributed by atoms with Crippen molar-refractivity contribution >= 4 is 54.2 Å². The summed E-state index contributed by atoms with van der Waals surface area (Å²) in [7, 11) is 1.65. The van der Waals surface area contributed by atoms with Gasteiger partial charge in [-0.3, -0.25) is 0 Å². The van der Waals surface area contributed by atoms with Gasteiger partial charge < -0.3 is 14.4 Å². The van der Waals surface area contributed by atoms with E-state index in [0.717, 1.165) is 31.3 Å². The van der Waals surface area contributed by atoms with Crippen molar-refractivity contribution in [3.63, 3.8) is 0 Å². The average molecular weight is 397 g/mol. The molecule has 0 aliphatic carbocycles. The summed E-state index contributed by atoms with van der Waals surface area (Å²) in [4.78, 5) is 23.5. The highest BCUT2D eigenvalue weighted by Gasteiger charge is 2.33. The van der Waals surface area contributed by atoms with Crippen LogP contribution in [0, 0.1) is 0 Å². The molecule has 136 valence electrons. The monoisotopic (exact) mass is 397 g/mol. The molecule has 8 heteroatoms. The van der Waals surface area contributed by atoms with Crippen LogP contribution in [0.2, 0.25) is 0 Å². The smallest absolute Gasteiger partial charge is 0.367 e. The van der Waals surface area contributed by atoms with Crippen LogP contribution in [0.3, 0.4) is 0 Å². The fourth-order valence-electron chi connectivity index (χ4n) is 3.04. The molecule has 4 aromatic rings. The molecule has 1 saturated heterocycles. The number of fused-ring (bicyclic) bond motifs is 2. The van der Waals surface area contributed by atoms with Crippen LogP contribution in [0.25, 0.3) is 20.4 Å². The highest BCUT2D eigenvalue weighted by Crippen LogP contribution is 2.36. The molecule has 3 heterocycles. The molecular formula is C19H15N3O3S2. The standard InChI is InChI=1S/C19H15N3O3S2/c1-24-13-6-4-8-15-16(13)21-19(27-15)22-9-11(10-22)25-18(23)17-20-12-5-2-3-7-14(12)26-17/h2-8,11H,9-10H2,1H3. The lowest BCUT2D eigenvalue weighted by Gasteiger charge is -2.37. The first-order valence-electron chi connectivity index (χ1n) is 8.46. The van der Waals surface area contributed by atoms with Crippen molar-refractivity contribution < 1.29 is 14.3 Å². The summed E-state index contributed by atoms with van der Waals surface area (Å²) < 4.78 is 13.0. The van der Waals surface area contributed by atoms with Gasteiger partial charge in [-0.15, -0.1) is 11.3 Å². The first-order chi connectivity index (χ1) is 13.2. The van der Waals surface area contributed by atoms with Gasteiger partial charge in [0, 0.05) is 0 Å². The van der Waals surface area contributed by atoms with Gasteiger partial charge in [-0.05, 0) is 24.3 Å². The highest BCUT2D eigenvalue weighted by molar-refractivity contribution is 7.22. The van der Waals surface area contributed by atoms with Crippen molar-refractivity contribution in [3.8, 4) is 5.75 Å². The van der Waals surface area contributed by atoms with Crippen molar-refractivity contribution in [3.05, 3.63) is 47.5 Å². The predicted octanol–water partition coefficient (Wildman–Crippen LogP) is 3.96. The summed E-state index contributed by atoms with van der Waals surface area (Å²) in [5, 5.41) is 1.32. The number of aromatic nitrogens is 2. The molecule has 2 aromatic heterocycles. The molecule has 27 heavy (non-hydrogen) atoms. The van der Waals surface area contributed by atoms with E-state index in [9.17, 15) is 4.79 Å². The normalized spacial score (nSPS) is 14.5. The molecule has 0 unspecified atom stereocenters. The second-order valence-electron chi connectivity index (χ2n) is 6.22. The molecule has 1 aliphatic rings. The Hall–Kier alpha value is -2.71. The van der Waals surface area contributed by atoms with Gasteiger partial charge in [0.25, 0.3) is 0 Å². The van der Waals surface area contributed by atoms with Crippen LogP contribution in [0.15, 0.2) is 42.5 Å². The number of anilines is 1. The van der Waals surface area contributed by atoms with Gasteiger partial charge in [-0.2, -0.15) is 0 Å². The molecule has 0 amide bonds. The van der Waals surface area contributed by atoms with Crippen molar-refractivity contribution in [2.75, 3.05) is 25.1 Å². The molecular weight excluding hydrogens is 382 g/mol. The fraction of sp³-hybridized carbons (Fsp3) is 0.211. The van der Waals surface area contributed by atoms with Crippen LogP contribution in [0.5, 0.6) is 5.75 Å². The first-order valence-corrected chi connectivity index (χ1v) is 10.1. The zero-order valence-electron chi connectivity index (χ0n) is 14.4. The SMILES string of the molecule is COc1cccc2sc(N3CC(OC(=O)c4nc5ccccc5s4)C3)nc12. The van der Waals surface area contributed by atoms with Crippen molar-refractivity contribution in [2.45, 2.75) is 6.10 Å². The summed E-state index contributed by atoms with van der Waals surface area (Å²) in [6.45, 7) is 1.28. The van der Waals surface area contributed by atoms with Gasteiger partial charge in [0.05, 0.1) is 35.1 Å². The number of esters is 1. The Balaban J connectivity index is 1.26. The van der Waals surface area contributed by atoms with Crippen LogP contribution >= 0.6 is 22.7 Å². The summed E-state index contributed by atoms with van der Waals surface area (Å²) >= 11 is 2.98. The van der Waals surface area contributed by atoms with Gasteiger partial charge in [0.15, 0.2) is 5.13 Å². The average Bonchev–Trinajstić information content (AvgIpc) is 3.27. The Bertz CT molecular complexity index is 1110. The number of methoxy groups -OCH3 is 1. The number of nitrogens with zero attached hydrogens (tertiary/aromatic N) is 3. The van der Waals surface area contributed by atoms with Gasteiger partial charge >= 0.3 is 5.97 Å². The van der Waals surface area contributed by atoms with E-state index in [2.05, 4.69) is 14.9 Å². The lowest BCUT2D eigenvalue weighted by Crippen LogP contribution is -2.53. The summed E-state index contributed by atoms with van der Waals surface area (Å²) in [6.07, 6.45) is -0.140. The van der Waals surface area contributed by atoms with Gasteiger partial charge in [-0.1, -0.05) is 29.5 Å². The second-order valence-corrected chi connectivity index (χ2v) is 8.26. The number of benzene rings is 2. The Morgan fingerprint density at radius 2 is 1.89 bits per heavy atom. The van der Waals surface area contributed by atoms with E-state index < -0.39 is 0 Å². The molecule has 0 radical (unpaired) electrons. The molecule has 0 saturated carbocycles. The molecule has 2 aromatic carbocycles. The number of thiazole rings is 2. The van der Waals surface area contributed by atoms with Gasteiger partial charge in [0.1, 0.15) is 17.4 Å². The quantitative estimate of drug-likeness (QED) is 0.486. The number of hydrogen-bond donors (Lipinski definition) is 0. The number of hydrogen-bond acceptors (Lipinski definition) is 8. The Kier molecular flexibility index (Phi) is 3.95. The second kappa shape index (κ2) is 6.47. The molecule has 0 bridgehead atoms. The topological polar surface area (TPSA) is 64.6 Å². The van der Waals surface area contributed by atoms with E-state index >= 15 is 0 Å². The van der Waals surface area contributed by atoms with E-state index in [-0.39, 0.29) is 12.1 Å². The Morgan fingerprint density at radius 1 is 1.07 bits per heavy atom. The minimum Gasteiger partial charge on any atom is -0.494 e. The third kappa shape index (κ3) is 2.90. The third-order valence-corrected chi connectivity index (χ3v) is 6.55. The molecule has 0 N–H and O–H groups in total.